The quantitative estimate of drug-likeness (QED) is 0.642. The summed E-state index contributed by atoms with van der Waals surface area (Å²) in [6.45, 7) is 2.83. The third-order valence-electron chi connectivity index (χ3n) is 1.65. The Morgan fingerprint density at radius 3 is 2.54 bits per heavy atom. The van der Waals surface area contributed by atoms with Crippen LogP contribution in [0.5, 0.6) is 0 Å². The van der Waals surface area contributed by atoms with E-state index in [0.717, 1.165) is 0 Å². The number of hydrogen-bond acceptors (Lipinski definition) is 3. The maximum atomic E-state index is 11.1. The minimum absolute atomic E-state index is 0.175. The molecule has 0 unspecified atom stereocenters. The summed E-state index contributed by atoms with van der Waals surface area (Å²) in [7, 11) is 3.01. The Balaban J connectivity index is 3.53. The highest BCUT2D eigenvalue weighted by molar-refractivity contribution is 5.75. The predicted molar refractivity (Wildman–Crippen MR) is 48.3 cm³/mol. The summed E-state index contributed by atoms with van der Waals surface area (Å²) in [5, 5.41) is 2.58. The first kappa shape index (κ1) is 11.7. The molecule has 13 heavy (non-hydrogen) atoms. The van der Waals surface area contributed by atoms with Crippen molar-refractivity contribution in [2.45, 2.75) is 13.3 Å². The molecule has 0 saturated carbocycles. The lowest BCUT2D eigenvalue weighted by molar-refractivity contribution is -0.140. The number of rotatable bonds is 4. The zero-order valence-corrected chi connectivity index (χ0v) is 8.29. The van der Waals surface area contributed by atoms with Gasteiger partial charge in [0.2, 0.25) is 0 Å². The van der Waals surface area contributed by atoms with Gasteiger partial charge in [0.05, 0.1) is 13.5 Å². The zero-order valence-electron chi connectivity index (χ0n) is 8.29. The standard InChI is InChI=1S/C8H16N2O3/c1-4-10(2)8(12)9-6-5-7(11)13-3/h4-6H2,1-3H3,(H,9,12). The fraction of sp³-hybridized carbons (Fsp3) is 0.750. The van der Waals surface area contributed by atoms with Crippen LogP contribution in [0, 0.1) is 0 Å². The molecule has 2 amide bonds. The monoisotopic (exact) mass is 188 g/mol. The maximum absolute atomic E-state index is 11.1. The third-order valence-corrected chi connectivity index (χ3v) is 1.65. The lowest BCUT2D eigenvalue weighted by Crippen LogP contribution is -2.38. The molecule has 0 aromatic rings. The second kappa shape index (κ2) is 6.28. The summed E-state index contributed by atoms with van der Waals surface area (Å²) in [5.74, 6) is -0.320. The van der Waals surface area contributed by atoms with Gasteiger partial charge in [-0.2, -0.15) is 0 Å². The van der Waals surface area contributed by atoms with E-state index in [1.54, 1.807) is 7.05 Å². The highest BCUT2D eigenvalue weighted by Gasteiger charge is 2.06. The van der Waals surface area contributed by atoms with Gasteiger partial charge in [0, 0.05) is 20.1 Å². The second-order valence-electron chi connectivity index (χ2n) is 2.57. The van der Waals surface area contributed by atoms with Crippen molar-refractivity contribution < 1.29 is 14.3 Å². The topological polar surface area (TPSA) is 58.6 Å². The third kappa shape index (κ3) is 5.05. The molecular weight excluding hydrogens is 172 g/mol. The van der Waals surface area contributed by atoms with Gasteiger partial charge in [-0.15, -0.1) is 0 Å². The molecule has 76 valence electrons. The van der Waals surface area contributed by atoms with Crippen molar-refractivity contribution in [1.82, 2.24) is 10.2 Å². The van der Waals surface area contributed by atoms with Crippen LogP contribution in [0.3, 0.4) is 0 Å². The molecule has 0 heterocycles. The number of hydrogen-bond donors (Lipinski definition) is 1. The lowest BCUT2D eigenvalue weighted by Gasteiger charge is -2.14. The molecule has 0 aliphatic rings. The molecule has 0 fully saturated rings. The van der Waals surface area contributed by atoms with E-state index in [2.05, 4.69) is 10.1 Å². The molecule has 0 spiro atoms. The van der Waals surface area contributed by atoms with Crippen LogP contribution < -0.4 is 5.32 Å². The lowest BCUT2D eigenvalue weighted by atomic mass is 10.4. The van der Waals surface area contributed by atoms with Gasteiger partial charge in [0.15, 0.2) is 0 Å². The Morgan fingerprint density at radius 2 is 2.08 bits per heavy atom. The molecule has 0 saturated heterocycles. The molecule has 0 bridgehead atoms. The maximum Gasteiger partial charge on any atom is 0.317 e. The van der Waals surface area contributed by atoms with E-state index >= 15 is 0 Å². The summed E-state index contributed by atoms with van der Waals surface area (Å²) >= 11 is 0. The van der Waals surface area contributed by atoms with Crippen molar-refractivity contribution in [3.8, 4) is 0 Å². The Hall–Kier alpha value is -1.26. The van der Waals surface area contributed by atoms with Crippen LogP contribution in [-0.2, 0) is 9.53 Å². The van der Waals surface area contributed by atoms with Crippen molar-refractivity contribution in [3.63, 3.8) is 0 Å². The summed E-state index contributed by atoms with van der Waals surface area (Å²) < 4.78 is 4.41. The number of methoxy groups -OCH3 is 1. The van der Waals surface area contributed by atoms with Gasteiger partial charge in [-0.3, -0.25) is 4.79 Å². The van der Waals surface area contributed by atoms with Crippen LogP contribution in [0.4, 0.5) is 4.79 Å². The largest absolute Gasteiger partial charge is 0.469 e. The normalized spacial score (nSPS) is 9.15. The van der Waals surface area contributed by atoms with Crippen LogP contribution in [0.1, 0.15) is 13.3 Å². The van der Waals surface area contributed by atoms with Crippen molar-refractivity contribution in [1.29, 1.82) is 0 Å². The first-order chi connectivity index (χ1) is 6.11. The van der Waals surface area contributed by atoms with Crippen LogP contribution in [0.2, 0.25) is 0 Å². The molecule has 1 N–H and O–H groups in total. The molecule has 5 heteroatoms. The van der Waals surface area contributed by atoms with Gasteiger partial charge < -0.3 is 15.0 Å². The smallest absolute Gasteiger partial charge is 0.317 e. The molecule has 0 radical (unpaired) electrons. The van der Waals surface area contributed by atoms with Crippen molar-refractivity contribution in [2.75, 3.05) is 27.2 Å². The number of nitrogens with one attached hydrogen (secondary N) is 1. The number of nitrogens with zero attached hydrogens (tertiary/aromatic N) is 1. The molecule has 0 aliphatic heterocycles. The molecule has 0 aromatic heterocycles. The van der Waals surface area contributed by atoms with Crippen LogP contribution in [-0.4, -0.2) is 44.1 Å². The minimum atomic E-state index is -0.320. The van der Waals surface area contributed by atoms with E-state index in [-0.39, 0.29) is 18.4 Å². The van der Waals surface area contributed by atoms with E-state index in [1.807, 2.05) is 6.92 Å². The van der Waals surface area contributed by atoms with Gasteiger partial charge in [-0.1, -0.05) is 0 Å². The summed E-state index contributed by atoms with van der Waals surface area (Å²) in [6, 6.07) is -0.175. The Labute approximate surface area is 78.0 Å². The number of carbonyl (C=O) groups excluding carboxylic acids is 2. The Bertz CT molecular complexity index is 182. The summed E-state index contributed by atoms with van der Waals surface area (Å²) in [4.78, 5) is 23.3. The molecule has 0 aromatic carbocycles. The summed E-state index contributed by atoms with van der Waals surface area (Å²) in [6.07, 6.45) is 0.208. The van der Waals surface area contributed by atoms with Crippen molar-refractivity contribution in [2.24, 2.45) is 0 Å². The van der Waals surface area contributed by atoms with Crippen molar-refractivity contribution in [3.05, 3.63) is 0 Å². The van der Waals surface area contributed by atoms with Gasteiger partial charge in [0.25, 0.3) is 0 Å². The number of esters is 1. The van der Waals surface area contributed by atoms with E-state index in [0.29, 0.717) is 13.1 Å². The number of amides is 2. The van der Waals surface area contributed by atoms with E-state index in [1.165, 1.54) is 12.0 Å². The second-order valence-corrected chi connectivity index (χ2v) is 2.57. The van der Waals surface area contributed by atoms with E-state index < -0.39 is 0 Å². The molecule has 0 atom stereocenters. The first-order valence-corrected chi connectivity index (χ1v) is 4.17. The highest BCUT2D eigenvalue weighted by Crippen LogP contribution is 1.85. The average molecular weight is 188 g/mol. The minimum Gasteiger partial charge on any atom is -0.469 e. The first-order valence-electron chi connectivity index (χ1n) is 4.17. The van der Waals surface area contributed by atoms with Gasteiger partial charge in [-0.25, -0.2) is 4.79 Å². The van der Waals surface area contributed by atoms with Crippen LogP contribution in [0.15, 0.2) is 0 Å². The number of urea groups is 1. The number of carbonyl (C=O) groups is 2. The van der Waals surface area contributed by atoms with Gasteiger partial charge >= 0.3 is 12.0 Å². The average Bonchev–Trinajstić information content (AvgIpc) is 2.15. The van der Waals surface area contributed by atoms with E-state index in [9.17, 15) is 9.59 Å². The van der Waals surface area contributed by atoms with E-state index in [4.69, 9.17) is 0 Å². The van der Waals surface area contributed by atoms with Crippen molar-refractivity contribution >= 4 is 12.0 Å². The SMILES string of the molecule is CCN(C)C(=O)NCCC(=O)OC. The predicted octanol–water partition coefficient (Wildman–Crippen LogP) is 0.211. The Morgan fingerprint density at radius 1 is 1.46 bits per heavy atom. The van der Waals surface area contributed by atoms with Gasteiger partial charge in [-0.05, 0) is 6.92 Å². The fourth-order valence-electron chi connectivity index (χ4n) is 0.652. The fourth-order valence-corrected chi connectivity index (χ4v) is 0.652. The summed E-state index contributed by atoms with van der Waals surface area (Å²) in [5.41, 5.74) is 0. The zero-order chi connectivity index (χ0) is 10.3. The molecule has 0 aliphatic carbocycles. The molecule has 5 nitrogen and oxygen atoms in total. The number of ether oxygens (including phenoxy) is 1. The Kier molecular flexibility index (Phi) is 5.67. The van der Waals surface area contributed by atoms with Crippen LogP contribution in [0.25, 0.3) is 0 Å². The van der Waals surface area contributed by atoms with Crippen LogP contribution >= 0.6 is 0 Å². The molecular formula is C8H16N2O3. The molecule has 0 rings (SSSR count). The van der Waals surface area contributed by atoms with Gasteiger partial charge in [0.1, 0.15) is 0 Å². The highest BCUT2D eigenvalue weighted by atomic mass is 16.5.